The van der Waals surface area contributed by atoms with Crippen LogP contribution in [0.4, 0.5) is 0 Å². The number of carbonyl (C=O) groups is 1. The molecule has 45 heavy (non-hydrogen) atoms. The molecule has 0 atom stereocenters. The molecule has 0 radical (unpaired) electrons. The molecule has 0 aromatic heterocycles. The lowest BCUT2D eigenvalue weighted by Gasteiger charge is -2.10. The maximum absolute atomic E-state index is 12.1. The molecular weight excluding hydrogens is 550 g/mol. The molecule has 0 unspecified atom stereocenters. The van der Waals surface area contributed by atoms with E-state index in [0.717, 1.165) is 25.7 Å². The van der Waals surface area contributed by atoms with Crippen LogP contribution >= 0.6 is 0 Å². The highest BCUT2D eigenvalue weighted by Crippen LogP contribution is 2.14. The molecule has 0 bridgehead atoms. The van der Waals surface area contributed by atoms with Crippen LogP contribution < -0.4 is 5.43 Å². The standard InChI is InChI=1S/C41H75N3O/c1-5-7-9-11-13-15-17-19-21-23-25-27-29-31-33-35-37-40(42-43-41(45)39-44(3)4)38-36-34-32-30-28-26-24-22-20-18-16-14-12-10-8-6-2/h13-16,19-22H,5-12,17-18,23-39H2,1-4H3,(H,43,45)/b15-13-,16-14-,21-19-,22-20-. The van der Waals surface area contributed by atoms with Crippen molar-refractivity contribution in [2.75, 3.05) is 20.6 Å². The molecule has 0 aliphatic heterocycles. The van der Waals surface area contributed by atoms with Crippen molar-refractivity contribution < 1.29 is 4.79 Å². The zero-order chi connectivity index (χ0) is 32.9. The van der Waals surface area contributed by atoms with E-state index in [2.05, 4.69) is 73.0 Å². The molecule has 0 rings (SSSR count). The van der Waals surface area contributed by atoms with Gasteiger partial charge in [0.05, 0.1) is 6.54 Å². The topological polar surface area (TPSA) is 44.7 Å². The molecular formula is C41H75N3O. The van der Waals surface area contributed by atoms with Crippen LogP contribution in [0, 0.1) is 0 Å². The predicted molar refractivity (Wildman–Crippen MR) is 202 cm³/mol. The Balaban J connectivity index is 4.00. The Bertz CT molecular complexity index is 728. The van der Waals surface area contributed by atoms with Crippen LogP contribution in [-0.2, 0) is 4.79 Å². The number of nitrogens with one attached hydrogen (secondary N) is 1. The van der Waals surface area contributed by atoms with Crippen molar-refractivity contribution in [1.82, 2.24) is 10.3 Å². The number of carbonyl (C=O) groups excluding carboxylic acids is 1. The molecule has 0 heterocycles. The number of hydrazone groups is 1. The van der Waals surface area contributed by atoms with Gasteiger partial charge in [-0.2, -0.15) is 5.10 Å². The van der Waals surface area contributed by atoms with Crippen LogP contribution in [0.1, 0.15) is 181 Å². The van der Waals surface area contributed by atoms with Crippen molar-refractivity contribution in [2.45, 2.75) is 181 Å². The fourth-order valence-corrected chi connectivity index (χ4v) is 5.34. The molecule has 1 amide bonds. The third-order valence-corrected chi connectivity index (χ3v) is 8.13. The molecule has 0 saturated heterocycles. The Morgan fingerprint density at radius 2 is 0.867 bits per heavy atom. The van der Waals surface area contributed by atoms with Gasteiger partial charge < -0.3 is 4.90 Å². The van der Waals surface area contributed by atoms with Crippen molar-refractivity contribution >= 4 is 11.6 Å². The summed E-state index contributed by atoms with van der Waals surface area (Å²) in [5.74, 6) is -0.0217. The Labute approximate surface area is 281 Å². The lowest BCUT2D eigenvalue weighted by atomic mass is 10.0. The van der Waals surface area contributed by atoms with Crippen molar-refractivity contribution in [3.63, 3.8) is 0 Å². The van der Waals surface area contributed by atoms with Crippen molar-refractivity contribution in [3.05, 3.63) is 48.6 Å². The van der Waals surface area contributed by atoms with Gasteiger partial charge in [0.1, 0.15) is 0 Å². The van der Waals surface area contributed by atoms with E-state index in [4.69, 9.17) is 0 Å². The van der Waals surface area contributed by atoms with E-state index >= 15 is 0 Å². The van der Waals surface area contributed by atoms with E-state index in [1.807, 2.05) is 19.0 Å². The lowest BCUT2D eigenvalue weighted by molar-refractivity contribution is -0.121. The molecule has 0 spiro atoms. The van der Waals surface area contributed by atoms with Crippen LogP contribution in [0.2, 0.25) is 0 Å². The van der Waals surface area contributed by atoms with Gasteiger partial charge in [-0.25, -0.2) is 5.43 Å². The van der Waals surface area contributed by atoms with Gasteiger partial charge in [0.15, 0.2) is 0 Å². The van der Waals surface area contributed by atoms with Gasteiger partial charge >= 0.3 is 0 Å². The quantitative estimate of drug-likeness (QED) is 0.0341. The molecule has 0 aromatic carbocycles. The fourth-order valence-electron chi connectivity index (χ4n) is 5.34. The minimum absolute atomic E-state index is 0.0217. The van der Waals surface area contributed by atoms with Crippen molar-refractivity contribution in [1.29, 1.82) is 0 Å². The van der Waals surface area contributed by atoms with Crippen LogP contribution in [-0.4, -0.2) is 37.2 Å². The second kappa shape index (κ2) is 36.5. The molecule has 0 aliphatic carbocycles. The number of likely N-dealkylation sites (N-methyl/N-ethyl adjacent to an activating group) is 1. The summed E-state index contributed by atoms with van der Waals surface area (Å²) in [6.45, 7) is 4.90. The minimum atomic E-state index is -0.0217. The second-order valence-corrected chi connectivity index (χ2v) is 13.1. The molecule has 4 heteroatoms. The summed E-state index contributed by atoms with van der Waals surface area (Å²) in [5, 5.41) is 4.56. The van der Waals surface area contributed by atoms with Crippen LogP contribution in [0.25, 0.3) is 0 Å². The average Bonchev–Trinajstić information content (AvgIpc) is 3.02. The zero-order valence-corrected chi connectivity index (χ0v) is 30.5. The van der Waals surface area contributed by atoms with Gasteiger partial charge in [-0.1, -0.05) is 140 Å². The number of hydrogen-bond acceptors (Lipinski definition) is 3. The number of nitrogens with zero attached hydrogens (tertiary/aromatic N) is 2. The molecule has 0 fully saturated rings. The average molecular weight is 626 g/mol. The Hall–Kier alpha value is -1.94. The van der Waals surface area contributed by atoms with Gasteiger partial charge in [-0.15, -0.1) is 0 Å². The summed E-state index contributed by atoms with van der Waals surface area (Å²) < 4.78 is 0. The van der Waals surface area contributed by atoms with Gasteiger partial charge in [0.2, 0.25) is 0 Å². The summed E-state index contributed by atoms with van der Waals surface area (Å²) in [6.07, 6.45) is 51.1. The Morgan fingerprint density at radius 3 is 1.24 bits per heavy atom. The maximum atomic E-state index is 12.1. The monoisotopic (exact) mass is 626 g/mol. The van der Waals surface area contributed by atoms with Crippen molar-refractivity contribution in [3.8, 4) is 0 Å². The largest absolute Gasteiger partial charge is 0.301 e. The van der Waals surface area contributed by atoms with Crippen LogP contribution in [0.15, 0.2) is 53.7 Å². The Morgan fingerprint density at radius 1 is 0.511 bits per heavy atom. The van der Waals surface area contributed by atoms with Gasteiger partial charge in [0.25, 0.3) is 5.91 Å². The van der Waals surface area contributed by atoms with E-state index in [0.29, 0.717) is 6.54 Å². The van der Waals surface area contributed by atoms with Gasteiger partial charge in [-0.05, 0) is 104 Å². The van der Waals surface area contributed by atoms with E-state index in [9.17, 15) is 4.79 Å². The highest BCUT2D eigenvalue weighted by molar-refractivity contribution is 5.86. The summed E-state index contributed by atoms with van der Waals surface area (Å²) in [5.41, 5.74) is 3.99. The van der Waals surface area contributed by atoms with Crippen molar-refractivity contribution in [2.24, 2.45) is 5.10 Å². The molecule has 4 nitrogen and oxygen atoms in total. The highest BCUT2D eigenvalue weighted by Gasteiger charge is 2.05. The van der Waals surface area contributed by atoms with E-state index in [1.165, 1.54) is 147 Å². The third kappa shape index (κ3) is 36.4. The number of amides is 1. The number of allylic oxidation sites excluding steroid dienone is 8. The molecule has 0 aliphatic rings. The van der Waals surface area contributed by atoms with Crippen LogP contribution in [0.3, 0.4) is 0 Å². The smallest absolute Gasteiger partial charge is 0.254 e. The normalized spacial score (nSPS) is 12.1. The summed E-state index contributed by atoms with van der Waals surface area (Å²) in [7, 11) is 3.83. The SMILES string of the molecule is CCCCC/C=C\C/C=C\CCCCCCCCC(CCCCCCCC/C=C\C/C=C\CCCCC)=NNC(=O)CN(C)C. The minimum Gasteiger partial charge on any atom is -0.301 e. The molecule has 0 saturated carbocycles. The summed E-state index contributed by atoms with van der Waals surface area (Å²) >= 11 is 0. The van der Waals surface area contributed by atoms with E-state index in [-0.39, 0.29) is 5.91 Å². The Kier molecular flexibility index (Phi) is 35.0. The number of hydrogen-bond donors (Lipinski definition) is 1. The first-order valence-electron chi connectivity index (χ1n) is 19.2. The predicted octanol–water partition coefficient (Wildman–Crippen LogP) is 12.4. The first-order chi connectivity index (χ1) is 22.1. The van der Waals surface area contributed by atoms with E-state index in [1.54, 1.807) is 0 Å². The zero-order valence-electron chi connectivity index (χ0n) is 30.5. The van der Waals surface area contributed by atoms with Gasteiger partial charge in [0, 0.05) is 5.71 Å². The van der Waals surface area contributed by atoms with Gasteiger partial charge in [-0.3, -0.25) is 4.79 Å². The third-order valence-electron chi connectivity index (χ3n) is 8.13. The summed E-state index contributed by atoms with van der Waals surface area (Å²) in [4.78, 5) is 14.0. The number of rotatable bonds is 33. The highest BCUT2D eigenvalue weighted by atomic mass is 16.2. The first kappa shape index (κ1) is 43.1. The second-order valence-electron chi connectivity index (χ2n) is 13.1. The summed E-state index contributed by atoms with van der Waals surface area (Å²) in [6, 6.07) is 0. The molecule has 260 valence electrons. The number of unbranched alkanes of at least 4 members (excludes halogenated alkanes) is 18. The first-order valence-corrected chi connectivity index (χ1v) is 19.2. The lowest BCUT2D eigenvalue weighted by Crippen LogP contribution is -2.30. The fraction of sp³-hybridized carbons (Fsp3) is 0.756. The molecule has 1 N–H and O–H groups in total. The molecule has 0 aromatic rings. The van der Waals surface area contributed by atoms with E-state index < -0.39 is 0 Å². The maximum Gasteiger partial charge on any atom is 0.254 e. The van der Waals surface area contributed by atoms with Crippen LogP contribution in [0.5, 0.6) is 0 Å².